The molecule has 0 aromatic heterocycles. The lowest BCUT2D eigenvalue weighted by atomic mass is 9.96. The van der Waals surface area contributed by atoms with Crippen LogP contribution in [0.4, 0.5) is 13.2 Å². The number of hydrogen-bond donors (Lipinski definition) is 2. The van der Waals surface area contributed by atoms with Gasteiger partial charge in [-0.15, -0.1) is 24.0 Å². The van der Waals surface area contributed by atoms with Crippen LogP contribution in [0.15, 0.2) is 29.3 Å². The van der Waals surface area contributed by atoms with E-state index in [-0.39, 0.29) is 42.7 Å². The Hall–Kier alpha value is -1.07. The highest BCUT2D eigenvalue weighted by Gasteiger charge is 2.41. The Labute approximate surface area is 174 Å². The zero-order valence-corrected chi connectivity index (χ0v) is 17.4. The lowest BCUT2D eigenvalue weighted by Gasteiger charge is -2.22. The predicted octanol–water partition coefficient (Wildman–Crippen LogP) is 3.37. The van der Waals surface area contributed by atoms with Crippen LogP contribution in [0.1, 0.15) is 30.4 Å². The summed E-state index contributed by atoms with van der Waals surface area (Å²) in [6.45, 7) is -0.783. The topological polar surface area (TPSA) is 54.9 Å². The molecule has 0 spiro atoms. The van der Waals surface area contributed by atoms with Crippen LogP contribution in [0.5, 0.6) is 0 Å². The van der Waals surface area contributed by atoms with Crippen molar-refractivity contribution in [1.29, 1.82) is 0 Å². The molecule has 1 aromatic rings. The summed E-state index contributed by atoms with van der Waals surface area (Å²) in [4.78, 5) is 4.24. The summed E-state index contributed by atoms with van der Waals surface area (Å²) < 4.78 is 47.0. The first-order valence-electron chi connectivity index (χ1n) is 8.78. The standard InChI is InChI=1S/C18H24F3N3O2.HI/c1-22-17(24-15-8-14-5-6-16(15)26-14)23-9-12-3-2-4-13(7-12)10-25-11-18(19,20)21;/h2-4,7,14-16H,5-6,8-11H2,1H3,(H2,22,23,24);1H. The van der Waals surface area contributed by atoms with Gasteiger partial charge in [0.1, 0.15) is 6.61 Å². The number of guanidine groups is 1. The minimum Gasteiger partial charge on any atom is -0.373 e. The highest BCUT2D eigenvalue weighted by atomic mass is 127. The first-order chi connectivity index (χ1) is 12.4. The number of fused-ring (bicyclic) bond motifs is 2. The summed E-state index contributed by atoms with van der Waals surface area (Å²) >= 11 is 0. The maximum absolute atomic E-state index is 12.1. The summed E-state index contributed by atoms with van der Waals surface area (Å²) in [7, 11) is 1.71. The van der Waals surface area contributed by atoms with Gasteiger partial charge in [-0.05, 0) is 30.4 Å². The molecule has 2 saturated heterocycles. The molecule has 3 atom stereocenters. The second-order valence-corrected chi connectivity index (χ2v) is 6.71. The van der Waals surface area contributed by atoms with E-state index in [1.54, 1.807) is 13.1 Å². The van der Waals surface area contributed by atoms with Gasteiger partial charge in [0.05, 0.1) is 24.9 Å². The number of nitrogens with zero attached hydrogens (tertiary/aromatic N) is 1. The van der Waals surface area contributed by atoms with Crippen molar-refractivity contribution in [2.75, 3.05) is 13.7 Å². The van der Waals surface area contributed by atoms with Crippen molar-refractivity contribution in [3.05, 3.63) is 35.4 Å². The van der Waals surface area contributed by atoms with Gasteiger partial charge in [0.15, 0.2) is 5.96 Å². The van der Waals surface area contributed by atoms with Crippen molar-refractivity contribution in [2.24, 2.45) is 4.99 Å². The molecule has 0 radical (unpaired) electrons. The van der Waals surface area contributed by atoms with Crippen LogP contribution in [0.2, 0.25) is 0 Å². The van der Waals surface area contributed by atoms with Crippen LogP contribution < -0.4 is 10.6 Å². The maximum atomic E-state index is 12.1. The predicted molar refractivity (Wildman–Crippen MR) is 107 cm³/mol. The van der Waals surface area contributed by atoms with E-state index in [9.17, 15) is 13.2 Å². The fourth-order valence-corrected chi connectivity index (χ4v) is 3.46. The molecule has 2 heterocycles. The van der Waals surface area contributed by atoms with Crippen LogP contribution in [0.25, 0.3) is 0 Å². The molecule has 2 bridgehead atoms. The lowest BCUT2D eigenvalue weighted by molar-refractivity contribution is -0.176. The van der Waals surface area contributed by atoms with Gasteiger partial charge in [0, 0.05) is 13.6 Å². The number of ether oxygens (including phenoxy) is 2. The third kappa shape index (κ3) is 6.79. The van der Waals surface area contributed by atoms with Crippen molar-refractivity contribution in [3.8, 4) is 0 Å². The number of halogens is 4. The third-order valence-electron chi connectivity index (χ3n) is 4.64. The first kappa shape index (κ1) is 22.2. The highest BCUT2D eigenvalue weighted by Crippen LogP contribution is 2.34. The van der Waals surface area contributed by atoms with Crippen molar-refractivity contribution in [1.82, 2.24) is 10.6 Å². The zero-order valence-electron chi connectivity index (χ0n) is 15.1. The Kier molecular flexibility index (Phi) is 8.17. The molecule has 2 aliphatic rings. The number of aliphatic imine (C=N–C) groups is 1. The Bertz CT molecular complexity index is 643. The number of rotatable bonds is 6. The fraction of sp³-hybridized carbons (Fsp3) is 0.611. The smallest absolute Gasteiger partial charge is 0.373 e. The van der Waals surface area contributed by atoms with Crippen molar-refractivity contribution >= 4 is 29.9 Å². The van der Waals surface area contributed by atoms with Gasteiger partial charge in [-0.25, -0.2) is 0 Å². The average molecular weight is 499 g/mol. The number of alkyl halides is 3. The zero-order chi connectivity index (χ0) is 18.6. The molecule has 3 unspecified atom stereocenters. The minimum absolute atomic E-state index is 0. The fourth-order valence-electron chi connectivity index (χ4n) is 3.46. The van der Waals surface area contributed by atoms with Gasteiger partial charge in [-0.3, -0.25) is 4.99 Å². The monoisotopic (exact) mass is 499 g/mol. The SMILES string of the molecule is CN=C(NCc1cccc(COCC(F)(F)F)c1)NC1CC2CCC1O2.I. The van der Waals surface area contributed by atoms with Gasteiger partial charge < -0.3 is 20.1 Å². The molecule has 3 rings (SSSR count). The number of nitrogens with one attached hydrogen (secondary N) is 2. The molecule has 0 saturated carbocycles. The van der Waals surface area contributed by atoms with Gasteiger partial charge in [-0.1, -0.05) is 24.3 Å². The molecular formula is C18H25F3IN3O2. The summed E-state index contributed by atoms with van der Waals surface area (Å²) in [6.07, 6.45) is -0.466. The molecule has 2 aliphatic heterocycles. The van der Waals surface area contributed by atoms with Crippen molar-refractivity contribution in [3.63, 3.8) is 0 Å². The van der Waals surface area contributed by atoms with Gasteiger partial charge in [0.2, 0.25) is 0 Å². The van der Waals surface area contributed by atoms with E-state index in [4.69, 9.17) is 9.47 Å². The van der Waals surface area contributed by atoms with E-state index in [1.165, 1.54) is 0 Å². The Morgan fingerprint density at radius 1 is 1.30 bits per heavy atom. The largest absolute Gasteiger partial charge is 0.411 e. The summed E-state index contributed by atoms with van der Waals surface area (Å²) in [6, 6.07) is 7.58. The molecule has 152 valence electrons. The molecule has 9 heteroatoms. The molecule has 0 aliphatic carbocycles. The van der Waals surface area contributed by atoms with E-state index in [2.05, 4.69) is 15.6 Å². The molecule has 5 nitrogen and oxygen atoms in total. The second kappa shape index (κ2) is 9.92. The van der Waals surface area contributed by atoms with E-state index in [1.807, 2.05) is 18.2 Å². The summed E-state index contributed by atoms with van der Waals surface area (Å²) in [5.41, 5.74) is 1.66. The Morgan fingerprint density at radius 2 is 2.07 bits per heavy atom. The molecule has 1 aromatic carbocycles. The van der Waals surface area contributed by atoms with Gasteiger partial charge in [-0.2, -0.15) is 13.2 Å². The minimum atomic E-state index is -4.30. The maximum Gasteiger partial charge on any atom is 0.411 e. The van der Waals surface area contributed by atoms with Gasteiger partial charge >= 0.3 is 6.18 Å². The summed E-state index contributed by atoms with van der Waals surface area (Å²) in [5, 5.41) is 6.64. The molecule has 2 N–H and O–H groups in total. The van der Waals surface area contributed by atoms with Crippen molar-refractivity contribution in [2.45, 2.75) is 56.8 Å². The third-order valence-corrected chi connectivity index (χ3v) is 4.64. The van der Waals surface area contributed by atoms with E-state index in [0.29, 0.717) is 24.2 Å². The van der Waals surface area contributed by atoms with Gasteiger partial charge in [0.25, 0.3) is 0 Å². The van der Waals surface area contributed by atoms with Crippen molar-refractivity contribution < 1.29 is 22.6 Å². The molecule has 27 heavy (non-hydrogen) atoms. The molecular weight excluding hydrogens is 474 g/mol. The second-order valence-electron chi connectivity index (χ2n) is 6.71. The van der Waals surface area contributed by atoms with Crippen LogP contribution >= 0.6 is 24.0 Å². The van der Waals surface area contributed by atoms with E-state index < -0.39 is 12.8 Å². The molecule has 2 fully saturated rings. The van der Waals surface area contributed by atoms with Crippen LogP contribution in [-0.2, 0) is 22.6 Å². The Morgan fingerprint density at radius 3 is 2.70 bits per heavy atom. The number of benzene rings is 1. The highest BCUT2D eigenvalue weighted by molar-refractivity contribution is 14.0. The van der Waals surface area contributed by atoms with E-state index in [0.717, 1.165) is 24.8 Å². The van der Waals surface area contributed by atoms with Crippen LogP contribution in [0, 0.1) is 0 Å². The summed E-state index contributed by atoms with van der Waals surface area (Å²) in [5.74, 6) is 0.699. The molecule has 0 amide bonds. The number of hydrogen-bond acceptors (Lipinski definition) is 3. The Balaban J connectivity index is 0.00000261. The van der Waals surface area contributed by atoms with Crippen LogP contribution in [-0.4, -0.2) is 44.0 Å². The van der Waals surface area contributed by atoms with E-state index >= 15 is 0 Å². The normalized spacial score (nSPS) is 24.6. The first-order valence-corrected chi connectivity index (χ1v) is 8.78. The quantitative estimate of drug-likeness (QED) is 0.358. The van der Waals surface area contributed by atoms with Crippen LogP contribution in [0.3, 0.4) is 0 Å². The lowest BCUT2D eigenvalue weighted by Crippen LogP contribution is -2.47. The average Bonchev–Trinajstić information content (AvgIpc) is 3.20.